The van der Waals surface area contributed by atoms with Gasteiger partial charge in [-0.1, -0.05) is 83.9 Å². The largest absolute Gasteiger partial charge is 0.192 e. The van der Waals surface area contributed by atoms with Crippen LogP contribution in [0.3, 0.4) is 0 Å². The van der Waals surface area contributed by atoms with Gasteiger partial charge in [-0.25, -0.2) is 0 Å². The summed E-state index contributed by atoms with van der Waals surface area (Å²) < 4.78 is 8.96. The Morgan fingerprint density at radius 1 is 0.714 bits per heavy atom. The van der Waals surface area contributed by atoms with Gasteiger partial charge < -0.3 is 0 Å². The van der Waals surface area contributed by atoms with Gasteiger partial charge in [-0.2, -0.15) is 8.80 Å². The average Bonchev–Trinajstić information content (AvgIpc) is 2.55. The first-order valence-electron chi connectivity index (χ1n) is 6.26. The van der Waals surface area contributed by atoms with Crippen LogP contribution in [-0.4, -0.2) is 11.4 Å². The second-order valence-electron chi connectivity index (χ2n) is 4.33. The van der Waals surface area contributed by atoms with Gasteiger partial charge in [0.25, 0.3) is 0 Å². The van der Waals surface area contributed by atoms with E-state index in [1.54, 1.807) is 0 Å². The Balaban J connectivity index is 2.10. The third-order valence-corrected chi connectivity index (χ3v) is 3.93. The fraction of sp³-hybridized carbons (Fsp3) is 0. The van der Waals surface area contributed by atoms with Crippen molar-refractivity contribution < 1.29 is 0 Å². The molecule has 104 valence electrons. The summed E-state index contributed by atoms with van der Waals surface area (Å²) in [5, 5.41) is 0. The van der Waals surface area contributed by atoms with Gasteiger partial charge in [0.05, 0.1) is 17.0 Å². The van der Waals surface area contributed by atoms with Crippen LogP contribution in [0.2, 0.25) is 0 Å². The van der Waals surface area contributed by atoms with Crippen molar-refractivity contribution in [2.24, 2.45) is 8.80 Å². The number of halogens is 2. The summed E-state index contributed by atoms with van der Waals surface area (Å²) >= 11 is 13.4. The molecule has 0 spiro atoms. The van der Waals surface area contributed by atoms with Crippen molar-refractivity contribution in [3.8, 4) is 0 Å². The molecule has 5 heteroatoms. The van der Waals surface area contributed by atoms with E-state index in [2.05, 4.69) is 8.80 Å². The standard InChI is InChI=1S/C16H10Cl2N2S/c17-16(18)13-14(11-7-3-1-4-8-11)19-21-20-15(13)12-9-5-2-6-10-12/h1-10H. The number of hydrogen-bond acceptors (Lipinski definition) is 3. The van der Waals surface area contributed by atoms with Gasteiger partial charge in [-0.05, 0) is 0 Å². The molecule has 0 aromatic heterocycles. The molecular formula is C16H10Cl2N2S. The van der Waals surface area contributed by atoms with Gasteiger partial charge in [0.1, 0.15) is 16.6 Å². The summed E-state index contributed by atoms with van der Waals surface area (Å²) in [6, 6.07) is 19.6. The van der Waals surface area contributed by atoms with Crippen molar-refractivity contribution in [1.29, 1.82) is 0 Å². The third kappa shape index (κ3) is 3.05. The van der Waals surface area contributed by atoms with Gasteiger partial charge in [0, 0.05) is 11.1 Å². The lowest BCUT2D eigenvalue weighted by atomic mass is 9.96. The molecule has 0 amide bonds. The molecule has 1 aliphatic rings. The first kappa shape index (κ1) is 14.4. The topological polar surface area (TPSA) is 24.7 Å². The maximum atomic E-state index is 6.12. The van der Waals surface area contributed by atoms with E-state index in [-0.39, 0.29) is 4.49 Å². The van der Waals surface area contributed by atoms with E-state index >= 15 is 0 Å². The molecule has 0 aliphatic carbocycles. The van der Waals surface area contributed by atoms with Crippen molar-refractivity contribution in [2.45, 2.75) is 0 Å². The van der Waals surface area contributed by atoms with E-state index in [9.17, 15) is 0 Å². The second-order valence-corrected chi connectivity index (χ2v) is 5.81. The number of benzene rings is 2. The van der Waals surface area contributed by atoms with Crippen LogP contribution < -0.4 is 0 Å². The maximum Gasteiger partial charge on any atom is 0.118 e. The predicted molar refractivity (Wildman–Crippen MR) is 92.3 cm³/mol. The van der Waals surface area contributed by atoms with Crippen molar-refractivity contribution >= 4 is 46.8 Å². The molecule has 0 atom stereocenters. The summed E-state index contributed by atoms with van der Waals surface area (Å²) in [5.74, 6) is 0. The van der Waals surface area contributed by atoms with Crippen LogP contribution in [0.25, 0.3) is 0 Å². The summed E-state index contributed by atoms with van der Waals surface area (Å²) in [6.45, 7) is 0. The first-order valence-corrected chi connectivity index (χ1v) is 7.75. The van der Waals surface area contributed by atoms with E-state index in [0.717, 1.165) is 34.7 Å². The highest BCUT2D eigenvalue weighted by Crippen LogP contribution is 2.30. The smallest absolute Gasteiger partial charge is 0.118 e. The minimum atomic E-state index is 0.167. The van der Waals surface area contributed by atoms with E-state index in [0.29, 0.717) is 5.57 Å². The molecule has 0 saturated carbocycles. The molecule has 2 aromatic rings. The first-order chi connectivity index (χ1) is 10.3. The molecular weight excluding hydrogens is 323 g/mol. The van der Waals surface area contributed by atoms with Crippen molar-refractivity contribution in [3.63, 3.8) is 0 Å². The monoisotopic (exact) mass is 332 g/mol. The predicted octanol–water partition coefficient (Wildman–Crippen LogP) is 5.23. The number of hydrogen-bond donors (Lipinski definition) is 0. The zero-order chi connectivity index (χ0) is 14.7. The fourth-order valence-corrected chi connectivity index (χ4v) is 3.03. The maximum absolute atomic E-state index is 6.12. The third-order valence-electron chi connectivity index (χ3n) is 3.02. The van der Waals surface area contributed by atoms with Gasteiger partial charge in [-0.15, -0.1) is 0 Å². The Hall–Kier alpha value is -1.55. The molecule has 0 radical (unpaired) electrons. The molecule has 21 heavy (non-hydrogen) atoms. The van der Waals surface area contributed by atoms with Crippen molar-refractivity contribution in [2.75, 3.05) is 0 Å². The summed E-state index contributed by atoms with van der Waals surface area (Å²) in [4.78, 5) is 0. The normalized spacial score (nSPS) is 14.5. The van der Waals surface area contributed by atoms with Crippen LogP contribution in [0, 0.1) is 0 Å². The van der Waals surface area contributed by atoms with E-state index in [4.69, 9.17) is 23.2 Å². The van der Waals surface area contributed by atoms with Crippen LogP contribution in [0.15, 0.2) is 79.5 Å². The highest BCUT2D eigenvalue weighted by molar-refractivity contribution is 7.97. The van der Waals surface area contributed by atoms with Crippen molar-refractivity contribution in [1.82, 2.24) is 0 Å². The Morgan fingerprint density at radius 2 is 1.14 bits per heavy atom. The molecule has 2 aromatic carbocycles. The number of rotatable bonds is 2. The van der Waals surface area contributed by atoms with Gasteiger partial charge in [0.2, 0.25) is 0 Å². The lowest BCUT2D eigenvalue weighted by Gasteiger charge is -2.17. The lowest BCUT2D eigenvalue weighted by Crippen LogP contribution is -2.18. The Bertz CT molecular complexity index is 676. The molecule has 1 aliphatic heterocycles. The van der Waals surface area contributed by atoms with Crippen LogP contribution >= 0.6 is 35.3 Å². The molecule has 0 N–H and O–H groups in total. The SMILES string of the molecule is ClC(Cl)=C1C(c2ccccc2)=NSN=C1c1ccccc1. The van der Waals surface area contributed by atoms with Gasteiger partial charge in [0.15, 0.2) is 0 Å². The summed E-state index contributed by atoms with van der Waals surface area (Å²) in [6.07, 6.45) is 0. The Labute approximate surface area is 137 Å². The Kier molecular flexibility index (Phi) is 4.44. The molecule has 1 heterocycles. The molecule has 0 saturated heterocycles. The van der Waals surface area contributed by atoms with Crippen LogP contribution in [-0.2, 0) is 0 Å². The average molecular weight is 333 g/mol. The van der Waals surface area contributed by atoms with E-state index in [1.807, 2.05) is 60.7 Å². The minimum Gasteiger partial charge on any atom is -0.192 e. The van der Waals surface area contributed by atoms with Crippen LogP contribution in [0.5, 0.6) is 0 Å². The highest BCUT2D eigenvalue weighted by Gasteiger charge is 2.24. The van der Waals surface area contributed by atoms with Gasteiger partial charge in [-0.3, -0.25) is 0 Å². The molecule has 0 unspecified atom stereocenters. The molecule has 3 rings (SSSR count). The van der Waals surface area contributed by atoms with E-state index in [1.165, 1.54) is 0 Å². The molecule has 0 bridgehead atoms. The molecule has 2 nitrogen and oxygen atoms in total. The van der Waals surface area contributed by atoms with Crippen molar-refractivity contribution in [3.05, 3.63) is 81.9 Å². The number of allylic oxidation sites excluding steroid dienone is 1. The minimum absolute atomic E-state index is 0.167. The van der Waals surface area contributed by atoms with Crippen LogP contribution in [0.1, 0.15) is 11.1 Å². The summed E-state index contributed by atoms with van der Waals surface area (Å²) in [5.41, 5.74) is 4.07. The van der Waals surface area contributed by atoms with Crippen LogP contribution in [0.4, 0.5) is 0 Å². The summed E-state index contributed by atoms with van der Waals surface area (Å²) in [7, 11) is 0. The second kappa shape index (κ2) is 6.48. The lowest BCUT2D eigenvalue weighted by molar-refractivity contribution is 1.56. The zero-order valence-electron chi connectivity index (χ0n) is 10.8. The van der Waals surface area contributed by atoms with Gasteiger partial charge >= 0.3 is 0 Å². The number of nitrogens with zero attached hydrogens (tertiary/aromatic N) is 2. The fourth-order valence-electron chi connectivity index (χ4n) is 2.07. The quantitative estimate of drug-likeness (QED) is 0.691. The zero-order valence-corrected chi connectivity index (χ0v) is 13.2. The highest BCUT2D eigenvalue weighted by atomic mass is 35.5. The Morgan fingerprint density at radius 3 is 1.52 bits per heavy atom. The van der Waals surface area contributed by atoms with E-state index < -0.39 is 0 Å². The molecule has 0 fully saturated rings.